The molecular weight excluding hydrogens is 428 g/mol. The molecule has 0 radical (unpaired) electrons. The summed E-state index contributed by atoms with van der Waals surface area (Å²) in [6.07, 6.45) is 4.79. The Kier molecular flexibility index (Phi) is 4.72. The number of hydrogen-bond donors (Lipinski definition) is 0. The maximum absolute atomic E-state index is 13.8. The number of benzene rings is 1. The molecule has 5 rings (SSSR count). The van der Waals surface area contributed by atoms with E-state index in [1.165, 1.54) is 15.6 Å². The highest BCUT2D eigenvalue weighted by molar-refractivity contribution is 7.90. The SMILES string of the molecule is C=CC[C@@H](C(=O)N1[C@@H]2C[C@H]3CC[C@]2(CS1(=O)=O)C3(C)C)c1csc(-c2ccccc2)n1. The van der Waals surface area contributed by atoms with E-state index in [0.29, 0.717) is 18.0 Å². The highest BCUT2D eigenvalue weighted by atomic mass is 32.2. The maximum atomic E-state index is 13.8. The fourth-order valence-corrected chi connectivity index (χ4v) is 9.86. The summed E-state index contributed by atoms with van der Waals surface area (Å²) in [5, 5.41) is 2.72. The van der Waals surface area contributed by atoms with Crippen LogP contribution in [0.25, 0.3) is 10.6 Å². The van der Waals surface area contributed by atoms with Gasteiger partial charge in [0.2, 0.25) is 15.9 Å². The van der Waals surface area contributed by atoms with Crippen molar-refractivity contribution in [3.8, 4) is 10.6 Å². The Balaban J connectivity index is 1.51. The molecule has 1 aromatic heterocycles. The van der Waals surface area contributed by atoms with Crippen molar-refractivity contribution in [1.82, 2.24) is 9.29 Å². The van der Waals surface area contributed by atoms with Crippen molar-refractivity contribution in [2.75, 3.05) is 5.75 Å². The van der Waals surface area contributed by atoms with E-state index in [4.69, 9.17) is 4.98 Å². The normalized spacial score (nSPS) is 30.8. The number of carbonyl (C=O) groups excluding carboxylic acids is 1. The largest absolute Gasteiger partial charge is 0.273 e. The minimum Gasteiger partial charge on any atom is -0.273 e. The quantitative estimate of drug-likeness (QED) is 0.604. The Morgan fingerprint density at radius 2 is 2.10 bits per heavy atom. The second-order valence-electron chi connectivity index (χ2n) is 9.78. The summed E-state index contributed by atoms with van der Waals surface area (Å²) in [6.45, 7) is 8.21. The summed E-state index contributed by atoms with van der Waals surface area (Å²) in [7, 11) is -3.65. The van der Waals surface area contributed by atoms with Crippen LogP contribution in [-0.4, -0.2) is 35.4 Å². The van der Waals surface area contributed by atoms with Crippen LogP contribution in [0.5, 0.6) is 0 Å². The third kappa shape index (κ3) is 2.89. The first kappa shape index (κ1) is 20.9. The predicted octanol–water partition coefficient (Wildman–Crippen LogP) is 4.84. The summed E-state index contributed by atoms with van der Waals surface area (Å²) in [4.78, 5) is 18.5. The molecule has 2 heterocycles. The fraction of sp³-hybridized carbons (Fsp3) is 0.500. The molecule has 1 saturated heterocycles. The molecule has 2 aliphatic carbocycles. The van der Waals surface area contributed by atoms with Crippen LogP contribution in [0, 0.1) is 16.7 Å². The van der Waals surface area contributed by atoms with Gasteiger partial charge in [-0.05, 0) is 37.0 Å². The zero-order chi connectivity index (χ0) is 22.0. The van der Waals surface area contributed by atoms with E-state index >= 15 is 0 Å². The summed E-state index contributed by atoms with van der Waals surface area (Å²) in [6, 6.07) is 9.61. The molecule has 1 spiro atoms. The van der Waals surface area contributed by atoms with Gasteiger partial charge in [-0.1, -0.05) is 50.3 Å². The first-order valence-electron chi connectivity index (χ1n) is 10.9. The lowest BCUT2D eigenvalue weighted by Gasteiger charge is -2.37. The Labute approximate surface area is 188 Å². The van der Waals surface area contributed by atoms with Crippen LogP contribution >= 0.6 is 11.3 Å². The van der Waals surface area contributed by atoms with Gasteiger partial charge in [-0.15, -0.1) is 17.9 Å². The second-order valence-corrected chi connectivity index (χ2v) is 12.5. The molecule has 1 aromatic carbocycles. The van der Waals surface area contributed by atoms with Crippen molar-refractivity contribution in [2.24, 2.45) is 16.7 Å². The van der Waals surface area contributed by atoms with Gasteiger partial charge in [-0.3, -0.25) is 4.79 Å². The standard InChI is InChI=1S/C24H28N2O3S2/c1-4-8-18(19-14-30-21(25-19)16-9-6-5-7-10-16)22(27)26-20-13-17-11-12-24(20,23(17,2)3)15-31(26,28)29/h4-7,9-10,14,17-18,20H,1,8,11-13,15H2,2-3H3/t17-,18-,20-,24-/m1/s1. The highest BCUT2D eigenvalue weighted by Crippen LogP contribution is 2.70. The van der Waals surface area contributed by atoms with E-state index in [2.05, 4.69) is 20.4 Å². The van der Waals surface area contributed by atoms with Crippen molar-refractivity contribution in [1.29, 1.82) is 0 Å². The number of aromatic nitrogens is 1. The van der Waals surface area contributed by atoms with E-state index in [1.807, 2.05) is 35.7 Å². The van der Waals surface area contributed by atoms with Crippen LogP contribution in [0.15, 0.2) is 48.4 Å². The highest BCUT2D eigenvalue weighted by Gasteiger charge is 2.72. The lowest BCUT2D eigenvalue weighted by Crippen LogP contribution is -2.45. The zero-order valence-electron chi connectivity index (χ0n) is 18.0. The van der Waals surface area contributed by atoms with Crippen molar-refractivity contribution < 1.29 is 13.2 Å². The molecule has 2 aromatic rings. The molecule has 5 nitrogen and oxygen atoms in total. The third-order valence-electron chi connectivity index (χ3n) is 8.23. The number of rotatable bonds is 5. The molecule has 2 bridgehead atoms. The smallest absolute Gasteiger partial charge is 0.245 e. The monoisotopic (exact) mass is 456 g/mol. The van der Waals surface area contributed by atoms with E-state index in [9.17, 15) is 13.2 Å². The number of sulfonamides is 1. The molecule has 1 amide bonds. The van der Waals surface area contributed by atoms with Crippen molar-refractivity contribution >= 4 is 27.3 Å². The molecule has 3 fully saturated rings. The van der Waals surface area contributed by atoms with E-state index in [-0.39, 0.29) is 28.5 Å². The van der Waals surface area contributed by atoms with Gasteiger partial charge >= 0.3 is 0 Å². The molecule has 4 atom stereocenters. The van der Waals surface area contributed by atoms with Crippen LogP contribution < -0.4 is 0 Å². The molecular formula is C24H28N2O3S2. The van der Waals surface area contributed by atoms with Gasteiger partial charge in [0.15, 0.2) is 0 Å². The Morgan fingerprint density at radius 3 is 2.77 bits per heavy atom. The van der Waals surface area contributed by atoms with Crippen molar-refractivity contribution in [3.05, 3.63) is 54.1 Å². The number of thiazole rings is 1. The average Bonchev–Trinajstić information content (AvgIpc) is 3.42. The van der Waals surface area contributed by atoms with Gasteiger partial charge in [0.05, 0.1) is 23.4 Å². The molecule has 2 saturated carbocycles. The average molecular weight is 457 g/mol. The first-order valence-corrected chi connectivity index (χ1v) is 13.4. The molecule has 31 heavy (non-hydrogen) atoms. The Bertz CT molecular complexity index is 1140. The molecule has 1 aliphatic heterocycles. The molecule has 7 heteroatoms. The number of carbonyl (C=O) groups is 1. The summed E-state index contributed by atoms with van der Waals surface area (Å²) in [5.41, 5.74) is 1.25. The molecule has 0 N–H and O–H groups in total. The van der Waals surface area contributed by atoms with Crippen LogP contribution in [0.2, 0.25) is 0 Å². The van der Waals surface area contributed by atoms with E-state index in [0.717, 1.165) is 29.8 Å². The number of allylic oxidation sites excluding steroid dienone is 1. The Hall–Kier alpha value is -1.99. The van der Waals surface area contributed by atoms with Crippen LogP contribution in [0.3, 0.4) is 0 Å². The van der Waals surface area contributed by atoms with Gasteiger partial charge in [0, 0.05) is 16.4 Å². The zero-order valence-corrected chi connectivity index (χ0v) is 19.6. The lowest BCUT2D eigenvalue weighted by atomic mass is 9.69. The van der Waals surface area contributed by atoms with Gasteiger partial charge in [-0.2, -0.15) is 0 Å². The second kappa shape index (κ2) is 7.01. The number of nitrogens with zero attached hydrogens (tertiary/aromatic N) is 2. The lowest BCUT2D eigenvalue weighted by molar-refractivity contribution is -0.130. The summed E-state index contributed by atoms with van der Waals surface area (Å²) < 4.78 is 27.9. The van der Waals surface area contributed by atoms with Crippen LogP contribution in [0.4, 0.5) is 0 Å². The minimum absolute atomic E-state index is 0.0607. The van der Waals surface area contributed by atoms with Crippen LogP contribution in [0.1, 0.15) is 51.1 Å². The number of amides is 1. The van der Waals surface area contributed by atoms with E-state index in [1.54, 1.807) is 6.08 Å². The van der Waals surface area contributed by atoms with Gasteiger partial charge in [0.25, 0.3) is 0 Å². The minimum atomic E-state index is -3.65. The summed E-state index contributed by atoms with van der Waals surface area (Å²) in [5.74, 6) is -0.397. The predicted molar refractivity (Wildman–Crippen MR) is 123 cm³/mol. The fourth-order valence-electron chi connectivity index (χ4n) is 6.41. The number of fused-ring (bicyclic) bond motifs is 1. The maximum Gasteiger partial charge on any atom is 0.245 e. The third-order valence-corrected chi connectivity index (χ3v) is 11.1. The first-order chi connectivity index (χ1) is 14.7. The topological polar surface area (TPSA) is 67.3 Å². The Morgan fingerprint density at radius 1 is 1.35 bits per heavy atom. The van der Waals surface area contributed by atoms with E-state index < -0.39 is 15.9 Å². The number of hydrogen-bond acceptors (Lipinski definition) is 5. The summed E-state index contributed by atoms with van der Waals surface area (Å²) >= 11 is 1.48. The van der Waals surface area contributed by atoms with Gasteiger partial charge in [0.1, 0.15) is 5.01 Å². The van der Waals surface area contributed by atoms with Crippen LogP contribution in [-0.2, 0) is 14.8 Å². The van der Waals surface area contributed by atoms with Crippen molar-refractivity contribution in [2.45, 2.75) is 51.5 Å². The van der Waals surface area contributed by atoms with Gasteiger partial charge in [-0.25, -0.2) is 17.7 Å². The van der Waals surface area contributed by atoms with Gasteiger partial charge < -0.3 is 0 Å². The molecule has 3 aliphatic rings. The van der Waals surface area contributed by atoms with Crippen molar-refractivity contribution in [3.63, 3.8) is 0 Å². The molecule has 164 valence electrons. The molecule has 0 unspecified atom stereocenters.